The van der Waals surface area contributed by atoms with Gasteiger partial charge in [-0.3, -0.25) is 0 Å². The van der Waals surface area contributed by atoms with Gasteiger partial charge in [0.05, 0.1) is 50.6 Å². The Balaban J connectivity index is 1.15. The summed E-state index contributed by atoms with van der Waals surface area (Å²) in [7, 11) is 0. The minimum Gasteiger partial charge on any atom is -0.309 e. The number of nitriles is 1. The van der Waals surface area contributed by atoms with Crippen molar-refractivity contribution < 1.29 is 13.2 Å². The SMILES string of the molecule is Cc1cc(-c2ccc(-c3ccc(C#N)cc3-n3c4ccccc4c4c5sc6ccccc6c5ccc43)c(-n3c4ccccc4c4c5sc6ccccc6c5ccc43)c2)cc(C(F)(F)F)c1. The molecule has 8 heteroatoms. The van der Waals surface area contributed by atoms with Crippen LogP contribution in [-0.2, 0) is 6.18 Å². The van der Waals surface area contributed by atoms with E-state index in [0.717, 1.165) is 66.1 Å². The molecule has 4 aromatic heterocycles. The number of halogens is 3. The fraction of sp³-hybridized carbons (Fsp3) is 0.0351. The molecule has 0 fully saturated rings. The van der Waals surface area contributed by atoms with Gasteiger partial charge in [-0.15, -0.1) is 22.7 Å². The molecular weight excluding hydrogens is 848 g/mol. The smallest absolute Gasteiger partial charge is 0.309 e. The van der Waals surface area contributed by atoms with E-state index in [0.29, 0.717) is 22.3 Å². The molecule has 0 N–H and O–H groups in total. The van der Waals surface area contributed by atoms with Crippen LogP contribution in [0.4, 0.5) is 13.2 Å². The van der Waals surface area contributed by atoms with Crippen molar-refractivity contribution in [1.29, 1.82) is 5.26 Å². The monoisotopic (exact) mass is 879 g/mol. The van der Waals surface area contributed by atoms with Crippen LogP contribution in [0.5, 0.6) is 0 Å². The van der Waals surface area contributed by atoms with Crippen LogP contribution in [0, 0.1) is 18.3 Å². The second-order valence-corrected chi connectivity index (χ2v) is 18.8. The van der Waals surface area contributed by atoms with E-state index in [1.807, 2.05) is 48.5 Å². The van der Waals surface area contributed by atoms with E-state index >= 15 is 0 Å². The first-order chi connectivity index (χ1) is 31.7. The number of rotatable bonds is 4. The molecule has 0 radical (unpaired) electrons. The van der Waals surface area contributed by atoms with E-state index < -0.39 is 11.7 Å². The quantitative estimate of drug-likeness (QED) is 0.173. The van der Waals surface area contributed by atoms with Crippen LogP contribution >= 0.6 is 22.7 Å². The largest absolute Gasteiger partial charge is 0.416 e. The van der Waals surface area contributed by atoms with Crippen molar-refractivity contribution in [1.82, 2.24) is 9.13 Å². The molecule has 0 amide bonds. The zero-order valence-corrected chi connectivity index (χ0v) is 36.2. The summed E-state index contributed by atoms with van der Waals surface area (Å²) in [5.74, 6) is 0. The standard InChI is InChI=1S/C57H32F3N3S2/c1-32-26-35(29-36(27-32)57(58,59)60)34-19-21-38(50(30-34)63-46-15-7-3-13-44(46)54-48(63)25-23-42-40-11-5-9-17-52(40)65-56(42)54)37-20-18-33(31-61)28-49(37)62-45-14-6-2-12-43(45)53-47(62)24-22-41-39-10-4-8-16-51(39)64-55(41)53/h2-30H,1H3. The van der Waals surface area contributed by atoms with E-state index in [-0.39, 0.29) is 0 Å². The van der Waals surface area contributed by atoms with Gasteiger partial charge in [-0.2, -0.15) is 18.4 Å². The molecule has 4 heterocycles. The van der Waals surface area contributed by atoms with Gasteiger partial charge in [-0.05, 0) is 90.3 Å². The number of hydrogen-bond donors (Lipinski definition) is 0. The highest BCUT2D eigenvalue weighted by Crippen LogP contribution is 2.48. The molecule has 13 rings (SSSR count). The number of nitrogens with zero attached hydrogens (tertiary/aromatic N) is 3. The maximum Gasteiger partial charge on any atom is 0.416 e. The Bertz CT molecular complexity index is 4210. The van der Waals surface area contributed by atoms with Crippen LogP contribution in [0.3, 0.4) is 0 Å². The van der Waals surface area contributed by atoms with Crippen molar-refractivity contribution in [3.63, 3.8) is 0 Å². The topological polar surface area (TPSA) is 33.6 Å². The summed E-state index contributed by atoms with van der Waals surface area (Å²) < 4.78 is 52.5. The lowest BCUT2D eigenvalue weighted by Gasteiger charge is -2.20. The summed E-state index contributed by atoms with van der Waals surface area (Å²) in [6.45, 7) is 1.71. The Morgan fingerprint density at radius 1 is 0.462 bits per heavy atom. The molecule has 0 bridgehead atoms. The number of aryl methyl sites for hydroxylation is 1. The highest BCUT2D eigenvalue weighted by Gasteiger charge is 2.31. The zero-order chi connectivity index (χ0) is 43.7. The Labute approximate surface area is 377 Å². The van der Waals surface area contributed by atoms with Crippen molar-refractivity contribution in [2.45, 2.75) is 13.1 Å². The lowest BCUT2D eigenvalue weighted by atomic mass is 9.94. The number of fused-ring (bicyclic) bond motifs is 14. The summed E-state index contributed by atoms with van der Waals surface area (Å²) in [5, 5.41) is 19.8. The van der Waals surface area contributed by atoms with E-state index in [1.54, 1.807) is 29.6 Å². The van der Waals surface area contributed by atoms with Crippen molar-refractivity contribution in [2.24, 2.45) is 0 Å². The van der Waals surface area contributed by atoms with Gasteiger partial charge in [-0.25, -0.2) is 0 Å². The summed E-state index contributed by atoms with van der Waals surface area (Å²) in [5.41, 5.74) is 8.85. The van der Waals surface area contributed by atoms with Gasteiger partial charge in [0, 0.05) is 73.0 Å². The minimum absolute atomic E-state index is 0.479. The second-order valence-electron chi connectivity index (χ2n) is 16.7. The van der Waals surface area contributed by atoms with Crippen LogP contribution in [0.2, 0.25) is 0 Å². The first-order valence-electron chi connectivity index (χ1n) is 21.3. The zero-order valence-electron chi connectivity index (χ0n) is 34.5. The molecule has 0 saturated carbocycles. The molecule has 0 aliphatic heterocycles. The third-order valence-electron chi connectivity index (χ3n) is 13.0. The highest BCUT2D eigenvalue weighted by atomic mass is 32.1. The number of alkyl halides is 3. The van der Waals surface area contributed by atoms with Crippen LogP contribution in [-0.4, -0.2) is 9.13 Å². The normalized spacial score (nSPS) is 12.3. The average molecular weight is 880 g/mol. The fourth-order valence-corrected chi connectivity index (χ4v) is 12.8. The Kier molecular flexibility index (Phi) is 8.09. The number of benzene rings is 9. The van der Waals surface area contributed by atoms with Gasteiger partial charge in [0.15, 0.2) is 0 Å². The van der Waals surface area contributed by atoms with Crippen molar-refractivity contribution in [3.8, 4) is 39.7 Å². The molecule has 0 aliphatic rings. The second kappa shape index (κ2) is 13.9. The third kappa shape index (κ3) is 5.59. The van der Waals surface area contributed by atoms with Gasteiger partial charge < -0.3 is 9.13 Å². The van der Waals surface area contributed by atoms with Crippen LogP contribution in [0.15, 0.2) is 176 Å². The Morgan fingerprint density at radius 3 is 1.52 bits per heavy atom. The summed E-state index contributed by atoms with van der Waals surface area (Å²) in [6.07, 6.45) is -4.51. The fourth-order valence-electron chi connectivity index (χ4n) is 10.2. The maximum absolute atomic E-state index is 14.4. The number of aromatic nitrogens is 2. The maximum atomic E-state index is 14.4. The van der Waals surface area contributed by atoms with E-state index in [2.05, 4.69) is 130 Å². The number of thiophene rings is 2. The molecule has 13 aromatic rings. The first kappa shape index (κ1) is 37.8. The average Bonchev–Trinajstić information content (AvgIpc) is 4.08. The Hall–Kier alpha value is -7.70. The lowest BCUT2D eigenvalue weighted by Crippen LogP contribution is -2.05. The van der Waals surface area contributed by atoms with E-state index in [1.165, 1.54) is 52.5 Å². The molecule has 308 valence electrons. The van der Waals surface area contributed by atoms with Crippen LogP contribution < -0.4 is 0 Å². The van der Waals surface area contributed by atoms with Crippen LogP contribution in [0.25, 0.3) is 118 Å². The number of hydrogen-bond acceptors (Lipinski definition) is 3. The molecular formula is C57H32F3N3S2. The minimum atomic E-state index is -4.51. The molecule has 0 unspecified atom stereocenters. The van der Waals surface area contributed by atoms with Gasteiger partial charge in [-0.1, -0.05) is 109 Å². The molecule has 0 saturated heterocycles. The van der Waals surface area contributed by atoms with Gasteiger partial charge in [0.25, 0.3) is 0 Å². The lowest BCUT2D eigenvalue weighted by molar-refractivity contribution is -0.137. The Morgan fingerprint density at radius 2 is 0.969 bits per heavy atom. The molecule has 9 aromatic carbocycles. The summed E-state index contributed by atoms with van der Waals surface area (Å²) in [4.78, 5) is 0. The molecule has 0 atom stereocenters. The summed E-state index contributed by atoms with van der Waals surface area (Å²) >= 11 is 3.57. The van der Waals surface area contributed by atoms with Gasteiger partial charge >= 0.3 is 6.18 Å². The van der Waals surface area contributed by atoms with Gasteiger partial charge in [0.2, 0.25) is 0 Å². The molecule has 65 heavy (non-hydrogen) atoms. The predicted octanol–water partition coefficient (Wildman–Crippen LogP) is 17.1. The van der Waals surface area contributed by atoms with Crippen molar-refractivity contribution in [2.75, 3.05) is 0 Å². The highest BCUT2D eigenvalue weighted by molar-refractivity contribution is 7.27. The van der Waals surface area contributed by atoms with E-state index in [4.69, 9.17) is 0 Å². The number of para-hydroxylation sites is 2. The van der Waals surface area contributed by atoms with Crippen LogP contribution in [0.1, 0.15) is 16.7 Å². The first-order valence-corrected chi connectivity index (χ1v) is 22.9. The predicted molar refractivity (Wildman–Crippen MR) is 266 cm³/mol. The summed E-state index contributed by atoms with van der Waals surface area (Å²) in [6, 6.07) is 61.2. The van der Waals surface area contributed by atoms with Crippen molar-refractivity contribution in [3.05, 3.63) is 193 Å². The molecule has 3 nitrogen and oxygen atoms in total. The van der Waals surface area contributed by atoms with E-state index in [9.17, 15) is 18.4 Å². The molecule has 0 spiro atoms. The van der Waals surface area contributed by atoms with Gasteiger partial charge in [0.1, 0.15) is 0 Å². The molecule has 0 aliphatic carbocycles. The van der Waals surface area contributed by atoms with Crippen molar-refractivity contribution >= 4 is 107 Å². The third-order valence-corrected chi connectivity index (χ3v) is 15.4.